The number of nitrogens with zero attached hydrogens (tertiary/aromatic N) is 1. The van der Waals surface area contributed by atoms with Crippen molar-refractivity contribution < 1.29 is 18.3 Å². The number of carboxylic acids is 1. The lowest BCUT2D eigenvalue weighted by atomic mass is 10.2. The Kier molecular flexibility index (Phi) is 3.81. The summed E-state index contributed by atoms with van der Waals surface area (Å²) in [7, 11) is -3.68. The minimum Gasteiger partial charge on any atom is -0.478 e. The quantitative estimate of drug-likeness (QED) is 0.773. The number of hydrogen-bond donors (Lipinski definition) is 3. The number of anilines is 1. The van der Waals surface area contributed by atoms with Crippen molar-refractivity contribution in [3.05, 3.63) is 17.5 Å². The molecule has 0 aliphatic carbocycles. The average molecular weight is 287 g/mol. The molecule has 1 aromatic heterocycles. The van der Waals surface area contributed by atoms with Gasteiger partial charge in [-0.2, -0.15) is 12.7 Å². The third-order valence-electron chi connectivity index (χ3n) is 3.19. The SMILES string of the molecule is Cc1[nH]cc(NS(=O)(=O)N2CCCCC2)c1C(=O)O. The second-order valence-electron chi connectivity index (χ2n) is 4.57. The van der Waals surface area contributed by atoms with Crippen LogP contribution < -0.4 is 4.72 Å². The fourth-order valence-electron chi connectivity index (χ4n) is 2.19. The zero-order valence-electron chi connectivity index (χ0n) is 10.6. The Bertz CT molecular complexity index is 573. The van der Waals surface area contributed by atoms with E-state index in [9.17, 15) is 13.2 Å². The number of nitrogens with one attached hydrogen (secondary N) is 2. The van der Waals surface area contributed by atoms with Crippen LogP contribution in [-0.2, 0) is 10.2 Å². The molecule has 1 saturated heterocycles. The van der Waals surface area contributed by atoms with Crippen LogP contribution in [0, 0.1) is 6.92 Å². The maximum atomic E-state index is 12.1. The first-order chi connectivity index (χ1) is 8.92. The lowest BCUT2D eigenvalue weighted by Crippen LogP contribution is -2.39. The summed E-state index contributed by atoms with van der Waals surface area (Å²) in [5.74, 6) is -1.16. The largest absolute Gasteiger partial charge is 0.478 e. The topological polar surface area (TPSA) is 103 Å². The van der Waals surface area contributed by atoms with Crippen LogP contribution in [-0.4, -0.2) is 41.9 Å². The van der Waals surface area contributed by atoms with Gasteiger partial charge in [0.05, 0.1) is 5.69 Å². The van der Waals surface area contributed by atoms with E-state index in [2.05, 4.69) is 9.71 Å². The van der Waals surface area contributed by atoms with Gasteiger partial charge in [0, 0.05) is 25.0 Å². The van der Waals surface area contributed by atoms with Gasteiger partial charge < -0.3 is 10.1 Å². The molecule has 1 aliphatic rings. The summed E-state index contributed by atoms with van der Waals surface area (Å²) in [5.41, 5.74) is 0.458. The van der Waals surface area contributed by atoms with E-state index in [0.717, 1.165) is 19.3 Å². The highest BCUT2D eigenvalue weighted by Gasteiger charge is 2.26. The first-order valence-electron chi connectivity index (χ1n) is 6.11. The molecule has 0 atom stereocenters. The van der Waals surface area contributed by atoms with Gasteiger partial charge >= 0.3 is 16.2 Å². The predicted octanol–water partition coefficient (Wildman–Crippen LogP) is 1.16. The molecular weight excluding hydrogens is 270 g/mol. The molecule has 106 valence electrons. The maximum Gasteiger partial charge on any atom is 0.339 e. The van der Waals surface area contributed by atoms with Crippen molar-refractivity contribution in [2.75, 3.05) is 17.8 Å². The minimum atomic E-state index is -3.68. The highest BCUT2D eigenvalue weighted by atomic mass is 32.2. The van der Waals surface area contributed by atoms with Crippen LogP contribution in [0.2, 0.25) is 0 Å². The highest BCUT2D eigenvalue weighted by Crippen LogP contribution is 2.22. The van der Waals surface area contributed by atoms with E-state index in [1.54, 1.807) is 6.92 Å². The lowest BCUT2D eigenvalue weighted by Gasteiger charge is -2.26. The van der Waals surface area contributed by atoms with Gasteiger partial charge in [0.15, 0.2) is 0 Å². The van der Waals surface area contributed by atoms with Gasteiger partial charge in [0.2, 0.25) is 0 Å². The standard InChI is InChI=1S/C11H17N3O4S/c1-8-10(11(15)16)9(7-12-8)13-19(17,18)14-5-3-2-4-6-14/h7,12-13H,2-6H2,1H3,(H,15,16). The number of aromatic amines is 1. The molecule has 0 amide bonds. The van der Waals surface area contributed by atoms with E-state index >= 15 is 0 Å². The molecule has 0 spiro atoms. The Morgan fingerprint density at radius 3 is 2.58 bits per heavy atom. The molecule has 1 aromatic rings. The second kappa shape index (κ2) is 5.22. The summed E-state index contributed by atoms with van der Waals surface area (Å²) >= 11 is 0. The Balaban J connectivity index is 2.23. The Morgan fingerprint density at radius 1 is 1.37 bits per heavy atom. The maximum absolute atomic E-state index is 12.1. The summed E-state index contributed by atoms with van der Waals surface area (Å²) in [6.07, 6.45) is 4.05. The van der Waals surface area contributed by atoms with Crippen molar-refractivity contribution in [2.45, 2.75) is 26.2 Å². The van der Waals surface area contributed by atoms with Crippen LogP contribution >= 0.6 is 0 Å². The van der Waals surface area contributed by atoms with Gasteiger partial charge in [-0.1, -0.05) is 6.42 Å². The molecule has 0 aromatic carbocycles. The number of rotatable bonds is 4. The van der Waals surface area contributed by atoms with E-state index in [-0.39, 0.29) is 11.3 Å². The van der Waals surface area contributed by atoms with Crippen molar-refractivity contribution in [1.82, 2.24) is 9.29 Å². The summed E-state index contributed by atoms with van der Waals surface area (Å²) in [6, 6.07) is 0. The van der Waals surface area contributed by atoms with Gasteiger partial charge in [-0.25, -0.2) is 4.79 Å². The number of aromatic nitrogens is 1. The summed E-state index contributed by atoms with van der Waals surface area (Å²) in [6.45, 7) is 2.53. The lowest BCUT2D eigenvalue weighted by molar-refractivity contribution is 0.0697. The second-order valence-corrected chi connectivity index (χ2v) is 6.24. The number of piperidine rings is 1. The number of hydrogen-bond acceptors (Lipinski definition) is 3. The van der Waals surface area contributed by atoms with Gasteiger partial charge in [0.1, 0.15) is 5.56 Å². The molecule has 2 heterocycles. The molecule has 19 heavy (non-hydrogen) atoms. The normalized spacial score (nSPS) is 17.3. The molecule has 1 fully saturated rings. The molecule has 0 radical (unpaired) electrons. The Hall–Kier alpha value is -1.54. The third-order valence-corrected chi connectivity index (χ3v) is 4.71. The molecule has 7 nitrogen and oxygen atoms in total. The van der Waals surface area contributed by atoms with Crippen LogP contribution in [0.15, 0.2) is 6.20 Å². The zero-order valence-corrected chi connectivity index (χ0v) is 11.5. The minimum absolute atomic E-state index is 0.0411. The zero-order chi connectivity index (χ0) is 14.0. The van der Waals surface area contributed by atoms with Crippen LogP contribution in [0.25, 0.3) is 0 Å². The van der Waals surface area contributed by atoms with Crippen LogP contribution in [0.3, 0.4) is 0 Å². The van der Waals surface area contributed by atoms with E-state index in [4.69, 9.17) is 5.11 Å². The van der Waals surface area contributed by atoms with Crippen molar-refractivity contribution in [2.24, 2.45) is 0 Å². The summed E-state index contributed by atoms with van der Waals surface area (Å²) in [4.78, 5) is 13.8. The fourth-order valence-corrected chi connectivity index (χ4v) is 3.50. The fraction of sp³-hybridized carbons (Fsp3) is 0.545. The summed E-state index contributed by atoms with van der Waals surface area (Å²) < 4.78 is 28.0. The smallest absolute Gasteiger partial charge is 0.339 e. The number of aryl methyl sites for hydroxylation is 1. The van der Waals surface area contributed by atoms with E-state index in [0.29, 0.717) is 18.8 Å². The van der Waals surface area contributed by atoms with Crippen LogP contribution in [0.1, 0.15) is 35.3 Å². The Morgan fingerprint density at radius 2 is 2.00 bits per heavy atom. The summed E-state index contributed by atoms with van der Waals surface area (Å²) in [5, 5.41) is 9.07. The predicted molar refractivity (Wildman–Crippen MR) is 70.5 cm³/mol. The highest BCUT2D eigenvalue weighted by molar-refractivity contribution is 7.90. The van der Waals surface area contributed by atoms with Gasteiger partial charge in [-0.3, -0.25) is 4.72 Å². The molecule has 0 unspecified atom stereocenters. The van der Waals surface area contributed by atoms with Crippen molar-refractivity contribution in [1.29, 1.82) is 0 Å². The van der Waals surface area contributed by atoms with Crippen molar-refractivity contribution >= 4 is 21.9 Å². The van der Waals surface area contributed by atoms with E-state index < -0.39 is 16.2 Å². The van der Waals surface area contributed by atoms with Crippen LogP contribution in [0.5, 0.6) is 0 Å². The monoisotopic (exact) mass is 287 g/mol. The molecule has 2 rings (SSSR count). The molecule has 0 bridgehead atoms. The number of carbonyl (C=O) groups is 1. The molecular formula is C11H17N3O4S. The van der Waals surface area contributed by atoms with Crippen LogP contribution in [0.4, 0.5) is 5.69 Å². The van der Waals surface area contributed by atoms with Gasteiger partial charge in [-0.05, 0) is 19.8 Å². The first kappa shape index (κ1) is 13.9. The van der Waals surface area contributed by atoms with E-state index in [1.807, 2.05) is 0 Å². The number of H-pyrrole nitrogens is 1. The molecule has 1 aliphatic heterocycles. The van der Waals surface area contributed by atoms with Gasteiger partial charge in [-0.15, -0.1) is 0 Å². The number of aromatic carboxylic acids is 1. The van der Waals surface area contributed by atoms with Crippen molar-refractivity contribution in [3.63, 3.8) is 0 Å². The molecule has 8 heteroatoms. The third kappa shape index (κ3) is 2.90. The first-order valence-corrected chi connectivity index (χ1v) is 7.55. The van der Waals surface area contributed by atoms with Crippen molar-refractivity contribution in [3.8, 4) is 0 Å². The van der Waals surface area contributed by atoms with E-state index in [1.165, 1.54) is 10.5 Å². The average Bonchev–Trinajstić information content (AvgIpc) is 2.71. The van der Waals surface area contributed by atoms with Gasteiger partial charge in [0.25, 0.3) is 0 Å². The number of carboxylic acid groups (broad SMARTS) is 1. The Labute approximate surface area is 111 Å². The molecule has 3 N–H and O–H groups in total. The molecule has 0 saturated carbocycles.